The Morgan fingerprint density at radius 3 is 2.21 bits per heavy atom. The lowest BCUT2D eigenvalue weighted by Gasteiger charge is -2.35. The minimum atomic E-state index is -1.68. The Bertz CT molecular complexity index is 2110. The van der Waals surface area contributed by atoms with E-state index in [9.17, 15) is 43.6 Å². The maximum Gasteiger partial charge on any atom is 0.407 e. The second kappa shape index (κ2) is 29.1. The molecule has 1 aromatic rings. The predicted molar refractivity (Wildman–Crippen MR) is 266 cm³/mol. The highest BCUT2D eigenvalue weighted by Crippen LogP contribution is 2.27. The summed E-state index contributed by atoms with van der Waals surface area (Å²) in [7, 11) is 2.76. The van der Waals surface area contributed by atoms with Crippen molar-refractivity contribution in [1.82, 2.24) is 31.1 Å². The van der Waals surface area contributed by atoms with E-state index in [4.69, 9.17) is 19.3 Å². The van der Waals surface area contributed by atoms with Crippen LogP contribution in [0.3, 0.4) is 0 Å². The normalized spacial score (nSPS) is 25.4. The molecule has 0 saturated carbocycles. The average Bonchev–Trinajstić information content (AvgIpc) is 3.32. The highest BCUT2D eigenvalue weighted by Gasteiger charge is 2.41. The zero-order valence-corrected chi connectivity index (χ0v) is 44.0. The Balaban J connectivity index is 2.77. The van der Waals surface area contributed by atoms with Gasteiger partial charge in [-0.2, -0.15) is 5.26 Å². The van der Waals surface area contributed by atoms with Crippen LogP contribution in [0, 0.1) is 29.1 Å². The number of amides is 6. The molecule has 71 heavy (non-hydrogen) atoms. The van der Waals surface area contributed by atoms with Gasteiger partial charge >= 0.3 is 18.0 Å². The highest BCUT2D eigenvalue weighted by atomic mass is 16.6. The topological polar surface area (TPSA) is 263 Å². The molecule has 0 aliphatic carbocycles. The third-order valence-corrected chi connectivity index (χ3v) is 12.6. The molecule has 0 fully saturated rings. The van der Waals surface area contributed by atoms with Crippen molar-refractivity contribution in [1.29, 1.82) is 5.26 Å². The average molecular weight is 994 g/mol. The summed E-state index contributed by atoms with van der Waals surface area (Å²) >= 11 is 0. The Kier molecular flexibility index (Phi) is 25.0. The first-order chi connectivity index (χ1) is 33.3. The van der Waals surface area contributed by atoms with Crippen molar-refractivity contribution in [2.45, 2.75) is 163 Å². The van der Waals surface area contributed by atoms with Crippen molar-refractivity contribution in [3.8, 4) is 6.07 Å². The van der Waals surface area contributed by atoms with Crippen LogP contribution in [-0.2, 0) is 54.2 Å². The summed E-state index contributed by atoms with van der Waals surface area (Å²) in [5.74, 6) is -6.54. The molecule has 8 atom stereocenters. The molecule has 0 spiro atoms. The van der Waals surface area contributed by atoms with Crippen molar-refractivity contribution in [3.05, 3.63) is 58.7 Å². The van der Waals surface area contributed by atoms with Crippen LogP contribution in [0.15, 0.2) is 47.6 Å². The van der Waals surface area contributed by atoms with Crippen molar-refractivity contribution < 1.29 is 57.7 Å². The number of carbonyl (C=O) groups excluding carboxylic acids is 8. The lowest BCUT2D eigenvalue weighted by atomic mass is 9.90. The van der Waals surface area contributed by atoms with E-state index in [0.29, 0.717) is 42.4 Å². The fraction of sp³-hybridized carbons (Fsp3) is 0.635. The van der Waals surface area contributed by atoms with E-state index in [1.54, 1.807) is 58.0 Å². The summed E-state index contributed by atoms with van der Waals surface area (Å²) in [5.41, 5.74) is -0.0569. The van der Waals surface area contributed by atoms with Crippen LogP contribution in [0.1, 0.15) is 126 Å². The van der Waals surface area contributed by atoms with Gasteiger partial charge in [-0.15, -0.1) is 0 Å². The van der Waals surface area contributed by atoms with Gasteiger partial charge in [0.2, 0.25) is 23.6 Å². The van der Waals surface area contributed by atoms with Gasteiger partial charge in [-0.25, -0.2) is 14.4 Å². The molecule has 19 heteroatoms. The molecule has 6 amide bonds. The molecule has 0 radical (unpaired) electrons. The number of nitriles is 1. The van der Waals surface area contributed by atoms with E-state index in [2.05, 4.69) is 21.3 Å². The van der Waals surface area contributed by atoms with Crippen LogP contribution in [0.4, 0.5) is 4.79 Å². The number of carbonyl (C=O) groups is 8. The number of hydrogen-bond acceptors (Lipinski definition) is 13. The molecular formula is C52H79N7O12. The Hall–Kier alpha value is -6.29. The minimum Gasteiger partial charge on any atom is -0.456 e. The number of likely N-dealkylation sites (N-methyl/N-ethyl adjacent to an activating group) is 2. The largest absolute Gasteiger partial charge is 0.456 e. The first-order valence-corrected chi connectivity index (χ1v) is 24.5. The summed E-state index contributed by atoms with van der Waals surface area (Å²) in [6.07, 6.45) is 1.27. The number of alkyl carbamates (subject to hydrolysis) is 1. The van der Waals surface area contributed by atoms with Gasteiger partial charge in [0, 0.05) is 51.6 Å². The number of hydrogen-bond donors (Lipinski definition) is 5. The third-order valence-electron chi connectivity index (χ3n) is 12.6. The van der Waals surface area contributed by atoms with Gasteiger partial charge in [0.25, 0.3) is 5.91 Å². The van der Waals surface area contributed by atoms with E-state index in [1.807, 2.05) is 26.8 Å². The van der Waals surface area contributed by atoms with E-state index >= 15 is 0 Å². The number of nitrogens with one attached hydrogen (secondary N) is 4. The molecule has 1 aliphatic heterocycles. The zero-order chi connectivity index (χ0) is 53.7. The van der Waals surface area contributed by atoms with Crippen LogP contribution in [0.5, 0.6) is 0 Å². The summed E-state index contributed by atoms with van der Waals surface area (Å²) < 4.78 is 17.9. The standard InChI is InChI=1S/C52H79N7O12/c1-14-32(5)43-46(63)57-52(10,11)50(67)71-44(33(6)15-2)35(8)40(70-51(68)54-25-17-16-18-26-60)24-19-34(7)49(66)69-41(27-31(3)4)45(62)55-36(9)47(64)59(13)39(48(65)58(12)30-42(61)56-43)28-37-20-22-38(29-53)23-21-37/h15,19-23,31-32,35-36,39-41,43-44,60H,14,16-18,24-28,30H2,1-13H3,(H,54,68)(H,55,62)(H,56,61)(H,57,63)/b33-15+,34-19+/t32-,35+,36+,39-,40+,41-,43+,44-/m1/s1. The molecule has 1 aromatic carbocycles. The maximum absolute atomic E-state index is 14.3. The number of allylic oxidation sites excluding steroid dienone is 1. The number of benzene rings is 1. The number of nitrogens with zero attached hydrogens (tertiary/aromatic N) is 3. The second-order valence-corrected chi connectivity index (χ2v) is 19.5. The van der Waals surface area contributed by atoms with Crippen molar-refractivity contribution >= 4 is 47.6 Å². The Morgan fingerprint density at radius 2 is 1.63 bits per heavy atom. The first kappa shape index (κ1) is 60.8. The number of aliphatic hydroxyl groups is 1. The third kappa shape index (κ3) is 19.1. The number of aliphatic hydroxyl groups excluding tert-OH is 1. The van der Waals surface area contributed by atoms with Crippen molar-refractivity contribution in [2.75, 3.05) is 33.8 Å². The van der Waals surface area contributed by atoms with Crippen molar-refractivity contribution in [2.24, 2.45) is 17.8 Å². The molecule has 19 nitrogen and oxygen atoms in total. The van der Waals surface area contributed by atoms with Gasteiger partial charge in [0.15, 0.2) is 6.10 Å². The Morgan fingerprint density at radius 1 is 0.986 bits per heavy atom. The van der Waals surface area contributed by atoms with E-state index in [-0.39, 0.29) is 43.9 Å². The second-order valence-electron chi connectivity index (χ2n) is 19.5. The van der Waals surface area contributed by atoms with Gasteiger partial charge in [-0.3, -0.25) is 24.0 Å². The van der Waals surface area contributed by atoms with Gasteiger partial charge in [0.1, 0.15) is 35.9 Å². The lowest BCUT2D eigenvalue weighted by molar-refractivity contribution is -0.160. The van der Waals surface area contributed by atoms with Crippen LogP contribution in [0.2, 0.25) is 0 Å². The van der Waals surface area contributed by atoms with Crippen LogP contribution in [0.25, 0.3) is 0 Å². The summed E-state index contributed by atoms with van der Waals surface area (Å²) in [6.45, 7) is 18.0. The fourth-order valence-electron chi connectivity index (χ4n) is 7.69. The number of esters is 2. The van der Waals surface area contributed by atoms with Crippen LogP contribution in [-0.4, -0.2) is 138 Å². The molecule has 394 valence electrons. The number of ether oxygens (including phenoxy) is 3. The summed E-state index contributed by atoms with van der Waals surface area (Å²) in [6, 6.07) is 4.83. The monoisotopic (exact) mass is 994 g/mol. The van der Waals surface area contributed by atoms with E-state index < -0.39 is 108 Å². The van der Waals surface area contributed by atoms with Gasteiger partial charge in [0.05, 0.1) is 18.2 Å². The highest BCUT2D eigenvalue weighted by molar-refractivity contribution is 5.96. The molecule has 2 rings (SSSR count). The summed E-state index contributed by atoms with van der Waals surface area (Å²) in [4.78, 5) is 114. The number of rotatable bonds is 13. The maximum atomic E-state index is 14.3. The molecular weight excluding hydrogens is 915 g/mol. The molecule has 0 bridgehead atoms. The molecule has 5 N–H and O–H groups in total. The predicted octanol–water partition coefficient (Wildman–Crippen LogP) is 4.40. The quantitative estimate of drug-likeness (QED) is 0.0796. The van der Waals surface area contributed by atoms with Crippen molar-refractivity contribution in [3.63, 3.8) is 0 Å². The van der Waals surface area contributed by atoms with Gasteiger partial charge < -0.3 is 50.4 Å². The van der Waals surface area contributed by atoms with Crippen LogP contribution < -0.4 is 21.3 Å². The first-order valence-electron chi connectivity index (χ1n) is 24.5. The summed E-state index contributed by atoms with van der Waals surface area (Å²) in [5, 5.41) is 29.4. The molecule has 0 aromatic heterocycles. The minimum absolute atomic E-state index is 0.0155. The smallest absolute Gasteiger partial charge is 0.407 e. The van der Waals surface area contributed by atoms with E-state index in [1.165, 1.54) is 47.9 Å². The van der Waals surface area contributed by atoms with Gasteiger partial charge in [-0.1, -0.05) is 65.3 Å². The molecule has 0 unspecified atom stereocenters. The fourth-order valence-corrected chi connectivity index (χ4v) is 7.69. The lowest BCUT2D eigenvalue weighted by Crippen LogP contribution is -2.60. The number of cyclic esters (lactones) is 2. The zero-order valence-electron chi connectivity index (χ0n) is 44.0. The molecule has 1 aliphatic rings. The Labute approximate surface area is 419 Å². The van der Waals surface area contributed by atoms with E-state index in [0.717, 1.165) is 9.80 Å². The molecule has 1 heterocycles. The molecule has 0 saturated heterocycles. The van der Waals surface area contributed by atoms with Gasteiger partial charge in [-0.05, 0) is 102 Å². The number of unbranched alkanes of at least 4 members (excludes halogenated alkanes) is 2. The SMILES string of the molecule is C/C=C(\C)[C@H]1OC(=O)C(C)(C)NC(=O)[C@H]([C@H](C)CC)NC(=O)CN(C)C(=O)[C@@H](Cc2ccc(C#N)cc2)N(C)C(=O)[C@H](C)NC(=O)[C@@H](CC(C)C)OC(=O)/C(C)=C/C[C@H](OC(=O)NCCCCCO)[C@@H]1C. The van der Waals surface area contributed by atoms with Crippen LogP contribution >= 0.6 is 0 Å².